The van der Waals surface area contributed by atoms with E-state index < -0.39 is 11.7 Å². The maximum absolute atomic E-state index is 12.9. The van der Waals surface area contributed by atoms with Crippen LogP contribution < -0.4 is 16.0 Å². The number of halogens is 1. The molecule has 0 aliphatic rings. The fraction of sp³-hybridized carbons (Fsp3) is 0.100. The van der Waals surface area contributed by atoms with Crippen LogP contribution in [0.5, 0.6) is 0 Å². The lowest BCUT2D eigenvalue weighted by Gasteiger charge is -2.06. The Kier molecular flexibility index (Phi) is 6.30. The monoisotopic (exact) mass is 412 g/mol. The summed E-state index contributed by atoms with van der Waals surface area (Å²) in [6.07, 6.45) is 0.0381. The highest BCUT2D eigenvalue weighted by Gasteiger charge is 2.12. The van der Waals surface area contributed by atoms with E-state index >= 15 is 0 Å². The Bertz CT molecular complexity index is 1030. The molecule has 0 saturated carbocycles. The largest absolute Gasteiger partial charge is 0.326 e. The molecule has 0 saturated heterocycles. The molecular weight excluding hydrogens is 395 g/mol. The van der Waals surface area contributed by atoms with E-state index in [9.17, 15) is 18.8 Å². The van der Waals surface area contributed by atoms with Gasteiger partial charge in [0.2, 0.25) is 11.8 Å². The molecule has 9 heteroatoms. The van der Waals surface area contributed by atoms with Crippen molar-refractivity contribution in [2.75, 3.05) is 16.0 Å². The Morgan fingerprint density at radius 3 is 2.17 bits per heavy atom. The number of carbonyl (C=O) groups excluding carboxylic acids is 3. The summed E-state index contributed by atoms with van der Waals surface area (Å²) in [6, 6.07) is 11.9. The van der Waals surface area contributed by atoms with Crippen molar-refractivity contribution in [3.8, 4) is 0 Å². The second-order valence-corrected chi connectivity index (χ2v) is 6.95. The molecule has 0 unspecified atom stereocenters. The third-order valence-corrected chi connectivity index (χ3v) is 4.52. The number of anilines is 3. The van der Waals surface area contributed by atoms with Gasteiger partial charge in [-0.1, -0.05) is 0 Å². The summed E-state index contributed by atoms with van der Waals surface area (Å²) in [4.78, 5) is 39.6. The number of carbonyl (C=O) groups is 3. The number of aromatic nitrogens is 1. The van der Waals surface area contributed by atoms with Crippen molar-refractivity contribution in [3.05, 3.63) is 71.0 Å². The summed E-state index contributed by atoms with van der Waals surface area (Å²) in [5.74, 6) is -1.27. The molecule has 7 nitrogen and oxygen atoms in total. The summed E-state index contributed by atoms with van der Waals surface area (Å²) < 4.78 is 12.9. The molecule has 0 fully saturated rings. The minimum Gasteiger partial charge on any atom is -0.326 e. The quantitative estimate of drug-likeness (QED) is 0.575. The summed E-state index contributed by atoms with van der Waals surface area (Å²) in [5.41, 5.74) is 2.04. The lowest BCUT2D eigenvalue weighted by Crippen LogP contribution is -2.15. The van der Waals surface area contributed by atoms with E-state index in [4.69, 9.17) is 0 Å². The molecule has 0 atom stereocenters. The Balaban J connectivity index is 1.54. The van der Waals surface area contributed by atoms with Crippen molar-refractivity contribution in [1.29, 1.82) is 0 Å². The third-order valence-electron chi connectivity index (χ3n) is 3.71. The predicted octanol–water partition coefficient (Wildman–Crippen LogP) is 3.67. The number of thiazole rings is 1. The van der Waals surface area contributed by atoms with E-state index in [1.54, 1.807) is 29.6 Å². The van der Waals surface area contributed by atoms with Crippen molar-refractivity contribution >= 4 is 45.6 Å². The topological polar surface area (TPSA) is 100 Å². The molecule has 0 bridgehead atoms. The van der Waals surface area contributed by atoms with Crippen LogP contribution in [0.4, 0.5) is 20.9 Å². The van der Waals surface area contributed by atoms with Gasteiger partial charge in [-0.3, -0.25) is 19.7 Å². The Labute approximate surface area is 170 Å². The highest BCUT2D eigenvalue weighted by Crippen LogP contribution is 2.18. The smallest absolute Gasteiger partial charge is 0.257 e. The first-order valence-corrected chi connectivity index (χ1v) is 9.46. The van der Waals surface area contributed by atoms with Crippen LogP contribution in [0.2, 0.25) is 0 Å². The van der Waals surface area contributed by atoms with Gasteiger partial charge in [-0.05, 0) is 48.5 Å². The summed E-state index contributed by atoms with van der Waals surface area (Å²) in [5, 5.41) is 10.0. The zero-order chi connectivity index (χ0) is 20.8. The lowest BCUT2D eigenvalue weighted by molar-refractivity contribution is -0.116. The molecule has 1 aromatic heterocycles. The Morgan fingerprint density at radius 1 is 0.931 bits per heavy atom. The van der Waals surface area contributed by atoms with Crippen LogP contribution >= 0.6 is 11.3 Å². The Hall–Kier alpha value is -3.59. The van der Waals surface area contributed by atoms with Crippen LogP contribution in [0, 0.1) is 5.82 Å². The molecule has 0 radical (unpaired) electrons. The van der Waals surface area contributed by atoms with E-state index in [-0.39, 0.29) is 18.2 Å². The number of benzene rings is 2. The first-order chi connectivity index (χ1) is 13.9. The first kappa shape index (κ1) is 20.2. The van der Waals surface area contributed by atoms with Crippen LogP contribution in [0.1, 0.15) is 23.0 Å². The highest BCUT2D eigenvalue weighted by atomic mass is 32.1. The summed E-state index contributed by atoms with van der Waals surface area (Å²) in [7, 11) is 0. The average Bonchev–Trinajstić information content (AvgIpc) is 3.10. The number of nitrogens with one attached hydrogen (secondary N) is 3. The fourth-order valence-corrected chi connectivity index (χ4v) is 3.13. The second-order valence-electron chi connectivity index (χ2n) is 6.09. The van der Waals surface area contributed by atoms with Crippen molar-refractivity contribution in [1.82, 2.24) is 4.98 Å². The first-order valence-electron chi connectivity index (χ1n) is 8.58. The van der Waals surface area contributed by atoms with Gasteiger partial charge in [0.05, 0.1) is 12.1 Å². The highest BCUT2D eigenvalue weighted by molar-refractivity contribution is 7.14. The van der Waals surface area contributed by atoms with Crippen LogP contribution in [0.15, 0.2) is 53.9 Å². The number of hydrogen-bond donors (Lipinski definition) is 3. The normalized spacial score (nSPS) is 10.3. The molecule has 3 rings (SSSR count). The van der Waals surface area contributed by atoms with Gasteiger partial charge in [-0.2, -0.15) is 0 Å². The molecule has 29 heavy (non-hydrogen) atoms. The number of nitrogens with zero attached hydrogens (tertiary/aromatic N) is 1. The number of hydrogen-bond acceptors (Lipinski definition) is 5. The van der Waals surface area contributed by atoms with Crippen LogP contribution in [0.3, 0.4) is 0 Å². The second kappa shape index (κ2) is 9.07. The van der Waals surface area contributed by atoms with Crippen molar-refractivity contribution < 1.29 is 18.8 Å². The van der Waals surface area contributed by atoms with Crippen molar-refractivity contribution in [2.45, 2.75) is 13.3 Å². The standard InChI is InChI=1S/C20H17FN4O3S/c1-12(26)22-15-6-8-16(9-7-15)23-18(27)10-17-11-29-20(24-17)25-19(28)13-2-4-14(21)5-3-13/h2-9,11H,10H2,1H3,(H,22,26)(H,23,27)(H,24,25,28). The van der Waals surface area contributed by atoms with E-state index in [2.05, 4.69) is 20.9 Å². The van der Waals surface area contributed by atoms with Crippen LogP contribution in [-0.4, -0.2) is 22.7 Å². The SMILES string of the molecule is CC(=O)Nc1ccc(NC(=O)Cc2csc(NC(=O)c3ccc(F)cc3)n2)cc1. The molecule has 148 valence electrons. The average molecular weight is 412 g/mol. The van der Waals surface area contributed by atoms with Crippen LogP contribution in [-0.2, 0) is 16.0 Å². The summed E-state index contributed by atoms with van der Waals surface area (Å²) in [6.45, 7) is 1.42. The fourth-order valence-electron chi connectivity index (χ4n) is 2.43. The van der Waals surface area contributed by atoms with Gasteiger partial charge in [0, 0.05) is 29.2 Å². The molecule has 0 aliphatic heterocycles. The van der Waals surface area contributed by atoms with E-state index in [1.807, 2.05) is 0 Å². The minimum absolute atomic E-state index is 0.0381. The molecule has 2 aromatic carbocycles. The summed E-state index contributed by atoms with van der Waals surface area (Å²) >= 11 is 1.19. The van der Waals surface area contributed by atoms with E-state index in [1.165, 1.54) is 42.5 Å². The molecular formula is C20H17FN4O3S. The molecule has 3 N–H and O–H groups in total. The minimum atomic E-state index is -0.422. The zero-order valence-corrected chi connectivity index (χ0v) is 16.2. The lowest BCUT2D eigenvalue weighted by atomic mass is 10.2. The maximum atomic E-state index is 12.9. The Morgan fingerprint density at radius 2 is 1.55 bits per heavy atom. The van der Waals surface area contributed by atoms with Gasteiger partial charge in [0.1, 0.15) is 5.82 Å². The predicted molar refractivity (Wildman–Crippen MR) is 110 cm³/mol. The van der Waals surface area contributed by atoms with Gasteiger partial charge in [0.15, 0.2) is 5.13 Å². The maximum Gasteiger partial charge on any atom is 0.257 e. The van der Waals surface area contributed by atoms with Gasteiger partial charge < -0.3 is 10.6 Å². The third kappa shape index (κ3) is 5.94. The molecule has 3 amide bonds. The number of rotatable bonds is 6. The molecule has 0 spiro atoms. The van der Waals surface area contributed by atoms with Crippen molar-refractivity contribution in [2.24, 2.45) is 0 Å². The van der Waals surface area contributed by atoms with Crippen LogP contribution in [0.25, 0.3) is 0 Å². The van der Waals surface area contributed by atoms with Crippen molar-refractivity contribution in [3.63, 3.8) is 0 Å². The molecule has 3 aromatic rings. The van der Waals surface area contributed by atoms with Gasteiger partial charge in [-0.15, -0.1) is 11.3 Å². The van der Waals surface area contributed by atoms with Gasteiger partial charge in [0.25, 0.3) is 5.91 Å². The van der Waals surface area contributed by atoms with E-state index in [0.717, 1.165) is 0 Å². The number of amides is 3. The molecule has 0 aliphatic carbocycles. The van der Waals surface area contributed by atoms with Gasteiger partial charge in [-0.25, -0.2) is 9.37 Å². The molecule has 1 heterocycles. The van der Waals surface area contributed by atoms with Gasteiger partial charge >= 0.3 is 0 Å². The zero-order valence-electron chi connectivity index (χ0n) is 15.4. The van der Waals surface area contributed by atoms with E-state index in [0.29, 0.717) is 27.8 Å².